The summed E-state index contributed by atoms with van der Waals surface area (Å²) in [6.45, 7) is 4.08. The minimum atomic E-state index is -1.22. The number of nitrogens with one attached hydrogen (secondary N) is 3. The molecule has 12 nitrogen and oxygen atoms in total. The Balaban J connectivity index is 4.68. The van der Waals surface area contributed by atoms with Crippen molar-refractivity contribution in [2.24, 2.45) is 5.73 Å². The fraction of sp³-hybridized carbons (Fsp3) is 0.839. The molecular weight excluding hydrogens is 556 g/mol. The lowest BCUT2D eigenvalue weighted by atomic mass is 10.0. The van der Waals surface area contributed by atoms with Crippen LogP contribution in [0.1, 0.15) is 129 Å². The standard InChI is InChI=1S/C31H58N4O8/c1-3-4-5-6-7-8-9-10-12-17-26(37)21-28(38)35-25(23-43-30(41)18-13-11-14-19-32)16-15-20-33-31(42)27(22-29(39)40)34-24(2)36/h25-27,37H,3-23,32H2,1-2H3,(H,33,42)(H,34,36)(H,35,38)(H,39,40)/t25-,26-,27-/m1/s1. The Morgan fingerprint density at radius 2 is 1.42 bits per heavy atom. The SMILES string of the molecule is CCCCCCCCCCC[C@@H](O)CC(=O)N[C@H](CCCNC(=O)[C@@H](CC(=O)O)NC(C)=O)COC(=O)CCCCCN. The number of rotatable bonds is 28. The second-order valence-corrected chi connectivity index (χ2v) is 11.3. The second-order valence-electron chi connectivity index (χ2n) is 11.3. The van der Waals surface area contributed by atoms with Gasteiger partial charge in [0.2, 0.25) is 17.7 Å². The predicted molar refractivity (Wildman–Crippen MR) is 165 cm³/mol. The van der Waals surface area contributed by atoms with Crippen molar-refractivity contribution in [1.82, 2.24) is 16.0 Å². The first kappa shape index (κ1) is 40.3. The highest BCUT2D eigenvalue weighted by Crippen LogP contribution is 2.13. The number of aliphatic carboxylic acids is 1. The van der Waals surface area contributed by atoms with Gasteiger partial charge in [-0.25, -0.2) is 0 Å². The highest BCUT2D eigenvalue weighted by atomic mass is 16.5. The van der Waals surface area contributed by atoms with Crippen molar-refractivity contribution in [3.8, 4) is 0 Å². The number of ether oxygens (including phenoxy) is 1. The van der Waals surface area contributed by atoms with Gasteiger partial charge in [0.15, 0.2) is 0 Å². The molecule has 7 N–H and O–H groups in total. The first-order valence-corrected chi connectivity index (χ1v) is 16.2. The van der Waals surface area contributed by atoms with E-state index in [1.165, 1.54) is 45.4 Å². The van der Waals surface area contributed by atoms with Crippen molar-refractivity contribution < 1.29 is 38.9 Å². The third-order valence-corrected chi connectivity index (χ3v) is 7.06. The predicted octanol–water partition coefficient (Wildman–Crippen LogP) is 3.08. The Kier molecular flexibility index (Phi) is 25.2. The number of nitrogens with two attached hydrogens (primary N) is 1. The van der Waals surface area contributed by atoms with Crippen molar-refractivity contribution in [2.75, 3.05) is 19.7 Å². The van der Waals surface area contributed by atoms with Crippen LogP contribution in [0.2, 0.25) is 0 Å². The van der Waals surface area contributed by atoms with Crippen LogP contribution in [0.3, 0.4) is 0 Å². The lowest BCUT2D eigenvalue weighted by molar-refractivity contribution is -0.145. The topological polar surface area (TPSA) is 197 Å². The molecule has 0 aromatic rings. The van der Waals surface area contributed by atoms with E-state index in [1.54, 1.807) is 0 Å². The number of aliphatic hydroxyl groups excluding tert-OH is 1. The zero-order valence-electron chi connectivity index (χ0n) is 26.5. The molecule has 0 unspecified atom stereocenters. The van der Waals surface area contributed by atoms with E-state index < -0.39 is 42.4 Å². The van der Waals surface area contributed by atoms with Gasteiger partial charge >= 0.3 is 11.9 Å². The van der Waals surface area contributed by atoms with E-state index >= 15 is 0 Å². The van der Waals surface area contributed by atoms with Crippen LogP contribution in [0.5, 0.6) is 0 Å². The van der Waals surface area contributed by atoms with Crippen LogP contribution in [-0.4, -0.2) is 77.8 Å². The summed E-state index contributed by atoms with van der Waals surface area (Å²) >= 11 is 0. The molecule has 0 aliphatic heterocycles. The third kappa shape index (κ3) is 25.5. The number of carbonyl (C=O) groups excluding carboxylic acids is 4. The molecule has 3 atom stereocenters. The number of esters is 1. The first-order chi connectivity index (χ1) is 20.6. The fourth-order valence-electron chi connectivity index (χ4n) is 4.66. The number of aliphatic hydroxyl groups is 1. The lowest BCUT2D eigenvalue weighted by Crippen LogP contribution is -2.47. The lowest BCUT2D eigenvalue weighted by Gasteiger charge is -2.21. The van der Waals surface area contributed by atoms with Gasteiger partial charge in [-0.2, -0.15) is 0 Å². The number of unbranched alkanes of at least 4 members (excludes halogenated alkanes) is 10. The summed E-state index contributed by atoms with van der Waals surface area (Å²) in [5.74, 6) is -3.08. The minimum Gasteiger partial charge on any atom is -0.481 e. The molecule has 0 rings (SSSR count). The summed E-state index contributed by atoms with van der Waals surface area (Å²) < 4.78 is 5.38. The molecule has 0 saturated heterocycles. The first-order valence-electron chi connectivity index (χ1n) is 16.2. The van der Waals surface area contributed by atoms with Crippen LogP contribution in [0.25, 0.3) is 0 Å². The van der Waals surface area contributed by atoms with Crippen molar-refractivity contribution >= 4 is 29.7 Å². The Bertz CT molecular complexity index is 780. The molecule has 3 amide bonds. The van der Waals surface area contributed by atoms with Gasteiger partial charge < -0.3 is 36.6 Å². The second kappa shape index (κ2) is 26.9. The van der Waals surface area contributed by atoms with Crippen molar-refractivity contribution in [1.29, 1.82) is 0 Å². The molecule has 43 heavy (non-hydrogen) atoms. The molecule has 0 aliphatic carbocycles. The summed E-state index contributed by atoms with van der Waals surface area (Å²) in [6.07, 6.45) is 13.1. The van der Waals surface area contributed by atoms with Crippen LogP contribution in [-0.2, 0) is 28.7 Å². The van der Waals surface area contributed by atoms with Crippen LogP contribution >= 0.6 is 0 Å². The molecule has 250 valence electrons. The molecule has 0 bridgehead atoms. The zero-order valence-corrected chi connectivity index (χ0v) is 26.5. The minimum absolute atomic E-state index is 0.0444. The van der Waals surface area contributed by atoms with Crippen LogP contribution < -0.4 is 21.7 Å². The maximum atomic E-state index is 12.7. The zero-order chi connectivity index (χ0) is 32.3. The Morgan fingerprint density at radius 3 is 2.02 bits per heavy atom. The maximum absolute atomic E-state index is 12.7. The average molecular weight is 615 g/mol. The molecule has 0 radical (unpaired) electrons. The summed E-state index contributed by atoms with van der Waals surface area (Å²) in [6, 6.07) is -1.72. The quantitative estimate of drug-likeness (QED) is 0.0566. The summed E-state index contributed by atoms with van der Waals surface area (Å²) in [4.78, 5) is 59.5. The smallest absolute Gasteiger partial charge is 0.305 e. The molecule has 0 fully saturated rings. The Hall–Kier alpha value is -2.73. The van der Waals surface area contributed by atoms with Crippen LogP contribution in [0.4, 0.5) is 0 Å². The van der Waals surface area contributed by atoms with E-state index in [1.807, 2.05) is 0 Å². The third-order valence-electron chi connectivity index (χ3n) is 7.06. The van der Waals surface area contributed by atoms with E-state index in [9.17, 15) is 29.1 Å². The number of hydrogen-bond acceptors (Lipinski definition) is 8. The summed E-state index contributed by atoms with van der Waals surface area (Å²) in [7, 11) is 0. The number of carbonyl (C=O) groups is 5. The van der Waals surface area contributed by atoms with E-state index in [-0.39, 0.29) is 37.9 Å². The van der Waals surface area contributed by atoms with Gasteiger partial charge in [0.25, 0.3) is 0 Å². The number of carboxylic acid groups (broad SMARTS) is 1. The maximum Gasteiger partial charge on any atom is 0.305 e. The number of carboxylic acids is 1. The molecule has 0 aliphatic rings. The van der Waals surface area contributed by atoms with E-state index in [0.717, 1.165) is 32.1 Å². The highest BCUT2D eigenvalue weighted by Gasteiger charge is 2.23. The van der Waals surface area contributed by atoms with Crippen molar-refractivity contribution in [3.63, 3.8) is 0 Å². The summed E-state index contributed by atoms with van der Waals surface area (Å²) in [5, 5.41) is 27.1. The van der Waals surface area contributed by atoms with Crippen LogP contribution in [0, 0.1) is 0 Å². The molecule has 0 aromatic carbocycles. The number of hydrogen-bond donors (Lipinski definition) is 6. The Morgan fingerprint density at radius 1 is 0.791 bits per heavy atom. The Labute approximate surface area is 257 Å². The molecule has 0 spiro atoms. The van der Waals surface area contributed by atoms with Crippen molar-refractivity contribution in [3.05, 3.63) is 0 Å². The monoisotopic (exact) mass is 614 g/mol. The van der Waals surface area contributed by atoms with Crippen LogP contribution in [0.15, 0.2) is 0 Å². The van der Waals surface area contributed by atoms with Gasteiger partial charge in [0.05, 0.1) is 25.0 Å². The average Bonchev–Trinajstić information content (AvgIpc) is 2.94. The van der Waals surface area contributed by atoms with Gasteiger partial charge in [-0.1, -0.05) is 71.1 Å². The van der Waals surface area contributed by atoms with Gasteiger partial charge in [0, 0.05) is 19.9 Å². The largest absolute Gasteiger partial charge is 0.481 e. The van der Waals surface area contributed by atoms with Gasteiger partial charge in [-0.05, 0) is 38.6 Å². The molecular formula is C31H58N4O8. The molecule has 0 aromatic heterocycles. The van der Waals surface area contributed by atoms with Gasteiger partial charge in [0.1, 0.15) is 12.6 Å². The van der Waals surface area contributed by atoms with Gasteiger partial charge in [-0.15, -0.1) is 0 Å². The molecule has 0 heterocycles. The summed E-state index contributed by atoms with van der Waals surface area (Å²) in [5.41, 5.74) is 5.48. The number of amides is 3. The highest BCUT2D eigenvalue weighted by molar-refractivity contribution is 5.90. The fourth-order valence-corrected chi connectivity index (χ4v) is 4.66. The van der Waals surface area contributed by atoms with E-state index in [2.05, 4.69) is 22.9 Å². The van der Waals surface area contributed by atoms with E-state index in [4.69, 9.17) is 15.6 Å². The van der Waals surface area contributed by atoms with Crippen molar-refractivity contribution in [2.45, 2.75) is 148 Å². The molecule has 12 heteroatoms. The van der Waals surface area contributed by atoms with E-state index in [0.29, 0.717) is 32.2 Å². The molecule has 0 saturated carbocycles. The normalized spacial score (nSPS) is 13.0. The van der Waals surface area contributed by atoms with Gasteiger partial charge in [-0.3, -0.25) is 24.0 Å².